The van der Waals surface area contributed by atoms with Crippen molar-refractivity contribution >= 4 is 28.4 Å². The summed E-state index contributed by atoms with van der Waals surface area (Å²) in [6.45, 7) is 6.20. The molecule has 1 aromatic rings. The van der Waals surface area contributed by atoms with Crippen LogP contribution in [0.5, 0.6) is 0 Å². The lowest BCUT2D eigenvalue weighted by molar-refractivity contribution is -0.0291. The Balaban J connectivity index is 3.35. The van der Waals surface area contributed by atoms with Gasteiger partial charge in [-0.15, -0.1) is 0 Å². The molecule has 0 unspecified atom stereocenters. The first kappa shape index (κ1) is 14.6. The van der Waals surface area contributed by atoms with Crippen LogP contribution in [0.3, 0.4) is 0 Å². The van der Waals surface area contributed by atoms with Crippen LogP contribution in [0.1, 0.15) is 38.2 Å². The number of nitrogens with one attached hydrogen (secondary N) is 1. The maximum Gasteiger partial charge on any atom is 0.162 e. The van der Waals surface area contributed by atoms with Gasteiger partial charge in [-0.25, -0.2) is 9.97 Å². The van der Waals surface area contributed by atoms with E-state index in [0.717, 1.165) is 33.7 Å². The Kier molecular flexibility index (Phi) is 5.12. The van der Waals surface area contributed by atoms with Gasteiger partial charge in [0.2, 0.25) is 0 Å². The smallest absolute Gasteiger partial charge is 0.162 e. The largest absolute Gasteiger partial charge is 0.372 e. The van der Waals surface area contributed by atoms with Gasteiger partial charge in [0.1, 0.15) is 11.4 Å². The molecular formula is C12H20IN3O. The number of rotatable bonds is 5. The normalized spacial score (nSPS) is 11.6. The Morgan fingerprint density at radius 3 is 2.29 bits per heavy atom. The van der Waals surface area contributed by atoms with Crippen molar-refractivity contribution < 1.29 is 4.74 Å². The summed E-state index contributed by atoms with van der Waals surface area (Å²) in [7, 11) is 3.60. The maximum absolute atomic E-state index is 5.66. The monoisotopic (exact) mass is 349 g/mol. The quantitative estimate of drug-likeness (QED) is 0.830. The molecule has 0 radical (unpaired) electrons. The average Bonchev–Trinajstić information content (AvgIpc) is 2.36. The van der Waals surface area contributed by atoms with Gasteiger partial charge in [0.25, 0.3) is 0 Å². The molecule has 0 aromatic carbocycles. The lowest BCUT2D eigenvalue weighted by atomic mass is 9.96. The number of hydrogen-bond acceptors (Lipinski definition) is 4. The topological polar surface area (TPSA) is 47.0 Å². The van der Waals surface area contributed by atoms with Gasteiger partial charge in [-0.1, -0.05) is 13.8 Å². The van der Waals surface area contributed by atoms with Crippen molar-refractivity contribution in [3.8, 4) is 0 Å². The molecule has 0 aliphatic heterocycles. The Labute approximate surface area is 117 Å². The zero-order chi connectivity index (χ0) is 13.1. The number of nitrogens with zero attached hydrogens (tertiary/aromatic N) is 2. The number of halogens is 1. The van der Waals surface area contributed by atoms with Crippen molar-refractivity contribution in [2.75, 3.05) is 19.5 Å². The van der Waals surface area contributed by atoms with Crippen LogP contribution in [-0.4, -0.2) is 24.1 Å². The number of aryl methyl sites for hydroxylation is 1. The molecule has 17 heavy (non-hydrogen) atoms. The molecule has 0 fully saturated rings. The van der Waals surface area contributed by atoms with E-state index in [1.807, 2.05) is 14.0 Å². The molecule has 0 aliphatic rings. The Hall–Kier alpha value is -0.430. The van der Waals surface area contributed by atoms with E-state index < -0.39 is 0 Å². The van der Waals surface area contributed by atoms with Gasteiger partial charge in [-0.3, -0.25) is 0 Å². The van der Waals surface area contributed by atoms with Crippen LogP contribution in [0, 0.1) is 10.5 Å². The average molecular weight is 349 g/mol. The third-order valence-electron chi connectivity index (χ3n) is 3.19. The number of ether oxygens (including phenoxy) is 1. The van der Waals surface area contributed by atoms with Crippen molar-refractivity contribution in [3.63, 3.8) is 0 Å². The van der Waals surface area contributed by atoms with E-state index in [2.05, 4.69) is 51.7 Å². The molecule has 0 bridgehead atoms. The first-order valence-corrected chi connectivity index (χ1v) is 6.90. The van der Waals surface area contributed by atoms with Crippen molar-refractivity contribution in [2.45, 2.75) is 39.2 Å². The summed E-state index contributed by atoms with van der Waals surface area (Å²) in [5.41, 5.74) is 0.615. The second-order valence-electron chi connectivity index (χ2n) is 3.95. The van der Waals surface area contributed by atoms with Crippen molar-refractivity contribution in [2.24, 2.45) is 0 Å². The molecule has 0 spiro atoms. The summed E-state index contributed by atoms with van der Waals surface area (Å²) in [4.78, 5) is 9.16. The van der Waals surface area contributed by atoms with Gasteiger partial charge >= 0.3 is 0 Å². The Morgan fingerprint density at radius 2 is 1.88 bits per heavy atom. The molecule has 1 rings (SSSR count). The third-order valence-corrected chi connectivity index (χ3v) is 4.49. The highest BCUT2D eigenvalue weighted by Gasteiger charge is 2.32. The molecule has 96 valence electrons. The molecule has 1 aromatic heterocycles. The second-order valence-corrected chi connectivity index (χ2v) is 5.03. The van der Waals surface area contributed by atoms with E-state index in [0.29, 0.717) is 0 Å². The molecule has 1 N–H and O–H groups in total. The van der Waals surface area contributed by atoms with Gasteiger partial charge in [-0.2, -0.15) is 0 Å². The highest BCUT2D eigenvalue weighted by atomic mass is 127. The number of hydrogen-bond donors (Lipinski definition) is 1. The maximum atomic E-state index is 5.66. The van der Waals surface area contributed by atoms with Crippen molar-refractivity contribution in [1.29, 1.82) is 0 Å². The summed E-state index contributed by atoms with van der Waals surface area (Å²) in [6.07, 6.45) is 1.73. The fourth-order valence-corrected chi connectivity index (χ4v) is 2.39. The van der Waals surface area contributed by atoms with E-state index in [1.54, 1.807) is 7.11 Å². The van der Waals surface area contributed by atoms with Crippen LogP contribution in [0.4, 0.5) is 5.82 Å². The minimum atomic E-state index is -0.374. The first-order valence-electron chi connectivity index (χ1n) is 5.82. The SMILES string of the molecule is CCC(CC)(OC)c1nc(C)c(I)c(NC)n1. The van der Waals surface area contributed by atoms with Crippen molar-refractivity contribution in [3.05, 3.63) is 15.1 Å². The first-order chi connectivity index (χ1) is 8.04. The minimum Gasteiger partial charge on any atom is -0.372 e. The lowest BCUT2D eigenvalue weighted by Crippen LogP contribution is -2.30. The molecule has 0 aliphatic carbocycles. The van der Waals surface area contributed by atoms with Gasteiger partial charge in [0.05, 0.1) is 9.26 Å². The van der Waals surface area contributed by atoms with Crippen LogP contribution < -0.4 is 5.32 Å². The molecule has 0 saturated carbocycles. The third kappa shape index (κ3) is 2.70. The number of anilines is 1. The summed E-state index contributed by atoms with van der Waals surface area (Å²) in [6, 6.07) is 0. The molecular weight excluding hydrogens is 329 g/mol. The van der Waals surface area contributed by atoms with Crippen LogP contribution in [0.2, 0.25) is 0 Å². The van der Waals surface area contributed by atoms with E-state index >= 15 is 0 Å². The van der Waals surface area contributed by atoms with Crippen LogP contribution >= 0.6 is 22.6 Å². The van der Waals surface area contributed by atoms with E-state index in [1.165, 1.54) is 0 Å². The second kappa shape index (κ2) is 5.95. The van der Waals surface area contributed by atoms with Crippen molar-refractivity contribution in [1.82, 2.24) is 9.97 Å². The fourth-order valence-electron chi connectivity index (χ4n) is 1.87. The van der Waals surface area contributed by atoms with Gasteiger partial charge in [-0.05, 0) is 42.4 Å². The number of aromatic nitrogens is 2. The zero-order valence-corrected chi connectivity index (χ0v) is 13.3. The summed E-state index contributed by atoms with van der Waals surface area (Å²) < 4.78 is 6.72. The fraction of sp³-hybridized carbons (Fsp3) is 0.667. The van der Waals surface area contributed by atoms with Crippen LogP contribution in [-0.2, 0) is 10.3 Å². The highest BCUT2D eigenvalue weighted by Crippen LogP contribution is 2.32. The standard InChI is InChI=1S/C12H20IN3O/c1-6-12(7-2,17-5)11-15-8(3)9(13)10(14-4)16-11/h6-7H2,1-5H3,(H,14,15,16). The molecule has 0 amide bonds. The van der Waals surface area contributed by atoms with E-state index in [9.17, 15) is 0 Å². The summed E-state index contributed by atoms with van der Waals surface area (Å²) in [5.74, 6) is 1.64. The molecule has 0 atom stereocenters. The molecule has 5 heteroatoms. The van der Waals surface area contributed by atoms with Gasteiger partial charge in [0.15, 0.2) is 5.82 Å². The Bertz CT molecular complexity index is 383. The Morgan fingerprint density at radius 1 is 1.29 bits per heavy atom. The van der Waals surface area contributed by atoms with Gasteiger partial charge in [0, 0.05) is 14.2 Å². The molecule has 0 saturated heterocycles. The van der Waals surface area contributed by atoms with Gasteiger partial charge < -0.3 is 10.1 Å². The van der Waals surface area contributed by atoms with Crippen LogP contribution in [0.25, 0.3) is 0 Å². The number of methoxy groups -OCH3 is 1. The molecule has 4 nitrogen and oxygen atoms in total. The highest BCUT2D eigenvalue weighted by molar-refractivity contribution is 14.1. The molecule has 1 heterocycles. The predicted molar refractivity (Wildman–Crippen MR) is 78.3 cm³/mol. The van der Waals surface area contributed by atoms with E-state index in [4.69, 9.17) is 4.74 Å². The minimum absolute atomic E-state index is 0.374. The van der Waals surface area contributed by atoms with Crippen LogP contribution in [0.15, 0.2) is 0 Å². The summed E-state index contributed by atoms with van der Waals surface area (Å²) in [5, 5.41) is 3.11. The lowest BCUT2D eigenvalue weighted by Gasteiger charge is -2.29. The van der Waals surface area contributed by atoms with E-state index in [-0.39, 0.29) is 5.60 Å². The zero-order valence-electron chi connectivity index (χ0n) is 11.1. The summed E-state index contributed by atoms with van der Waals surface area (Å²) >= 11 is 2.26. The predicted octanol–water partition coefficient (Wildman–Crippen LogP) is 3.09.